The first-order valence-corrected chi connectivity index (χ1v) is 8.32. The van der Waals surface area contributed by atoms with Crippen LogP contribution in [0.2, 0.25) is 0 Å². The topological polar surface area (TPSA) is 38.8 Å². The van der Waals surface area contributed by atoms with Gasteiger partial charge in [0.25, 0.3) is 0 Å². The summed E-state index contributed by atoms with van der Waals surface area (Å²) in [5.74, 6) is 0.841. The summed E-state index contributed by atoms with van der Waals surface area (Å²) in [5, 5.41) is 0. The van der Waals surface area contributed by atoms with Gasteiger partial charge in [-0.3, -0.25) is 4.90 Å². The van der Waals surface area contributed by atoms with Crippen LogP contribution >= 0.6 is 0 Å². The van der Waals surface area contributed by atoms with Gasteiger partial charge in [-0.1, -0.05) is 42.5 Å². The Morgan fingerprint density at radius 1 is 1.08 bits per heavy atom. The number of rotatable bonds is 5. The number of carbonyl (C=O) groups excluding carboxylic acids is 1. The third-order valence-electron chi connectivity index (χ3n) is 4.17. The maximum atomic E-state index is 12.3. The minimum Gasteiger partial charge on any atom is -0.491 e. The second-order valence-corrected chi connectivity index (χ2v) is 6.39. The second kappa shape index (κ2) is 6.95. The molecule has 0 spiro atoms. The van der Waals surface area contributed by atoms with Crippen molar-refractivity contribution in [1.82, 2.24) is 4.90 Å². The van der Waals surface area contributed by atoms with Crippen LogP contribution in [0.1, 0.15) is 38.0 Å². The molecule has 1 aliphatic heterocycles. The zero-order valence-corrected chi connectivity index (χ0v) is 14.3. The average molecular weight is 325 g/mol. The molecule has 2 aromatic carbocycles. The normalized spacial score (nSPS) is 20.3. The fourth-order valence-corrected chi connectivity index (χ4v) is 2.94. The first kappa shape index (κ1) is 16.4. The van der Waals surface area contributed by atoms with Crippen molar-refractivity contribution in [1.29, 1.82) is 0 Å². The van der Waals surface area contributed by atoms with Gasteiger partial charge in [-0.15, -0.1) is 0 Å². The molecule has 4 nitrogen and oxygen atoms in total. The summed E-state index contributed by atoms with van der Waals surface area (Å²) >= 11 is 0. The summed E-state index contributed by atoms with van der Waals surface area (Å²) in [5.41, 5.74) is 2.09. The van der Waals surface area contributed by atoms with Gasteiger partial charge >= 0.3 is 6.09 Å². The first-order valence-electron chi connectivity index (χ1n) is 8.32. The molecule has 1 amide bonds. The third-order valence-corrected chi connectivity index (χ3v) is 4.17. The molecule has 1 aliphatic rings. The van der Waals surface area contributed by atoms with Crippen molar-refractivity contribution >= 4 is 6.09 Å². The lowest BCUT2D eigenvalue weighted by Gasteiger charge is -2.21. The maximum absolute atomic E-state index is 12.3. The zero-order chi connectivity index (χ0) is 17.1. The van der Waals surface area contributed by atoms with Crippen molar-refractivity contribution in [3.8, 4) is 5.75 Å². The van der Waals surface area contributed by atoms with E-state index < -0.39 is 0 Å². The van der Waals surface area contributed by atoms with Gasteiger partial charge in [0.05, 0.1) is 12.1 Å². The van der Waals surface area contributed by atoms with Crippen LogP contribution in [-0.4, -0.2) is 23.1 Å². The molecule has 24 heavy (non-hydrogen) atoms. The molecule has 4 heteroatoms. The van der Waals surface area contributed by atoms with Crippen LogP contribution in [0.4, 0.5) is 4.79 Å². The second-order valence-electron chi connectivity index (χ2n) is 6.39. The molecule has 2 aromatic rings. The van der Waals surface area contributed by atoms with Crippen molar-refractivity contribution in [3.05, 3.63) is 65.7 Å². The summed E-state index contributed by atoms with van der Waals surface area (Å²) in [6, 6.07) is 17.7. The molecule has 1 fully saturated rings. The lowest BCUT2D eigenvalue weighted by atomic mass is 10.0. The number of ether oxygens (including phenoxy) is 2. The van der Waals surface area contributed by atoms with Crippen LogP contribution in [0, 0.1) is 0 Å². The minimum absolute atomic E-state index is 0.00788. The SMILES string of the molecule is CC(C)Oc1ccc(CN2C(=O)O[C@H](c3ccccc3)[C@@H]2C)cc1. The van der Waals surface area contributed by atoms with Crippen LogP contribution in [0.5, 0.6) is 5.75 Å². The Kier molecular flexibility index (Phi) is 4.74. The van der Waals surface area contributed by atoms with Gasteiger partial charge in [0.2, 0.25) is 0 Å². The fourth-order valence-electron chi connectivity index (χ4n) is 2.94. The van der Waals surface area contributed by atoms with E-state index in [0.29, 0.717) is 6.54 Å². The number of nitrogens with zero attached hydrogens (tertiary/aromatic N) is 1. The van der Waals surface area contributed by atoms with Gasteiger partial charge in [-0.2, -0.15) is 0 Å². The molecular weight excluding hydrogens is 302 g/mol. The number of carbonyl (C=O) groups is 1. The van der Waals surface area contributed by atoms with E-state index in [2.05, 4.69) is 0 Å². The Morgan fingerprint density at radius 2 is 1.75 bits per heavy atom. The van der Waals surface area contributed by atoms with Gasteiger partial charge in [0.15, 0.2) is 0 Å². The monoisotopic (exact) mass is 325 g/mol. The number of amides is 1. The molecule has 0 radical (unpaired) electrons. The Hall–Kier alpha value is -2.49. The first-order chi connectivity index (χ1) is 11.5. The molecule has 3 rings (SSSR count). The highest BCUT2D eigenvalue weighted by molar-refractivity contribution is 5.71. The fraction of sp³-hybridized carbons (Fsp3) is 0.350. The van der Waals surface area contributed by atoms with E-state index in [-0.39, 0.29) is 24.3 Å². The van der Waals surface area contributed by atoms with E-state index in [9.17, 15) is 4.79 Å². The van der Waals surface area contributed by atoms with Crippen LogP contribution in [0.3, 0.4) is 0 Å². The highest BCUT2D eigenvalue weighted by Crippen LogP contribution is 2.33. The molecule has 126 valence electrons. The highest BCUT2D eigenvalue weighted by atomic mass is 16.6. The summed E-state index contributed by atoms with van der Waals surface area (Å²) in [7, 11) is 0. The van der Waals surface area contributed by atoms with Gasteiger partial charge in [-0.25, -0.2) is 4.79 Å². The summed E-state index contributed by atoms with van der Waals surface area (Å²) in [6.45, 7) is 6.56. The molecule has 0 unspecified atom stereocenters. The van der Waals surface area contributed by atoms with Crippen molar-refractivity contribution in [2.45, 2.75) is 45.6 Å². The molecule has 0 saturated carbocycles. The number of hydrogen-bond donors (Lipinski definition) is 0. The van der Waals surface area contributed by atoms with E-state index >= 15 is 0 Å². The van der Waals surface area contributed by atoms with Gasteiger partial charge in [0.1, 0.15) is 11.9 Å². The van der Waals surface area contributed by atoms with E-state index in [1.165, 1.54) is 0 Å². The smallest absolute Gasteiger partial charge is 0.411 e. The summed E-state index contributed by atoms with van der Waals surface area (Å²) in [6.07, 6.45) is -0.336. The average Bonchev–Trinajstić information content (AvgIpc) is 2.85. The summed E-state index contributed by atoms with van der Waals surface area (Å²) < 4.78 is 11.2. The Labute approximate surface area is 143 Å². The third kappa shape index (κ3) is 3.53. The quantitative estimate of drug-likeness (QED) is 0.809. The van der Waals surface area contributed by atoms with E-state index in [1.807, 2.05) is 75.4 Å². The molecule has 0 N–H and O–H groups in total. The zero-order valence-electron chi connectivity index (χ0n) is 14.3. The van der Waals surface area contributed by atoms with E-state index in [4.69, 9.17) is 9.47 Å². The standard InChI is InChI=1S/C20H23NO3/c1-14(2)23-18-11-9-16(10-12-18)13-21-15(3)19(24-20(21)22)17-7-5-4-6-8-17/h4-12,14-15,19H,13H2,1-3H3/t15-,19-/m0/s1. The van der Waals surface area contributed by atoms with Crippen LogP contribution in [-0.2, 0) is 11.3 Å². The van der Waals surface area contributed by atoms with Crippen LogP contribution in [0.25, 0.3) is 0 Å². The van der Waals surface area contributed by atoms with Gasteiger partial charge < -0.3 is 9.47 Å². The Balaban J connectivity index is 1.70. The number of hydrogen-bond acceptors (Lipinski definition) is 3. The van der Waals surface area contributed by atoms with Gasteiger partial charge in [0, 0.05) is 6.54 Å². The van der Waals surface area contributed by atoms with Crippen LogP contribution < -0.4 is 4.74 Å². The Bertz CT molecular complexity index is 682. The van der Waals surface area contributed by atoms with E-state index in [0.717, 1.165) is 16.9 Å². The van der Waals surface area contributed by atoms with Crippen molar-refractivity contribution in [2.75, 3.05) is 0 Å². The van der Waals surface area contributed by atoms with Crippen LogP contribution in [0.15, 0.2) is 54.6 Å². The molecule has 0 aromatic heterocycles. The van der Waals surface area contributed by atoms with Crippen molar-refractivity contribution in [3.63, 3.8) is 0 Å². The highest BCUT2D eigenvalue weighted by Gasteiger charge is 2.39. The molecule has 1 saturated heterocycles. The predicted octanol–water partition coefficient (Wildman–Crippen LogP) is 4.56. The number of benzene rings is 2. The lowest BCUT2D eigenvalue weighted by Crippen LogP contribution is -2.31. The molecular formula is C20H23NO3. The maximum Gasteiger partial charge on any atom is 0.411 e. The predicted molar refractivity (Wildman–Crippen MR) is 92.9 cm³/mol. The molecule has 2 atom stereocenters. The largest absolute Gasteiger partial charge is 0.491 e. The molecule has 0 aliphatic carbocycles. The van der Waals surface area contributed by atoms with E-state index in [1.54, 1.807) is 4.90 Å². The summed E-state index contributed by atoms with van der Waals surface area (Å²) in [4.78, 5) is 14.0. The molecule has 1 heterocycles. The van der Waals surface area contributed by atoms with Gasteiger partial charge in [-0.05, 0) is 44.0 Å². The molecule has 0 bridgehead atoms. The van der Waals surface area contributed by atoms with Crippen molar-refractivity contribution < 1.29 is 14.3 Å². The number of cyclic esters (lactones) is 1. The minimum atomic E-state index is -0.265. The van der Waals surface area contributed by atoms with Crippen molar-refractivity contribution in [2.24, 2.45) is 0 Å². The lowest BCUT2D eigenvalue weighted by molar-refractivity contribution is 0.130. The Morgan fingerprint density at radius 3 is 2.38 bits per heavy atom.